The van der Waals surface area contributed by atoms with Crippen LogP contribution in [0.2, 0.25) is 0 Å². The molecule has 0 atom stereocenters. The van der Waals surface area contributed by atoms with Gasteiger partial charge in [0.05, 0.1) is 7.11 Å². The van der Waals surface area contributed by atoms with Gasteiger partial charge in [0.25, 0.3) is 0 Å². The first kappa shape index (κ1) is 9.97. The Morgan fingerprint density at radius 1 is 1.38 bits per heavy atom. The molecule has 2 radical (unpaired) electrons. The summed E-state index contributed by atoms with van der Waals surface area (Å²) in [5.41, 5.74) is 1.68. The molecule has 0 aliphatic heterocycles. The maximum absolute atomic E-state index is 5.74. The fraction of sp³-hybridized carbons (Fsp3) is 0.400. The number of hydrogen-bond donors (Lipinski definition) is 1. The van der Waals surface area contributed by atoms with E-state index in [-0.39, 0.29) is 0 Å². The van der Waals surface area contributed by atoms with Crippen molar-refractivity contribution in [2.24, 2.45) is 0 Å². The zero-order chi connectivity index (χ0) is 9.84. The van der Waals surface area contributed by atoms with E-state index in [0.29, 0.717) is 17.3 Å². The Morgan fingerprint density at radius 2 is 2.08 bits per heavy atom. The van der Waals surface area contributed by atoms with Crippen molar-refractivity contribution in [2.75, 3.05) is 12.4 Å². The molecule has 0 aliphatic carbocycles. The lowest BCUT2D eigenvalue weighted by molar-refractivity contribution is 0.418. The van der Waals surface area contributed by atoms with E-state index in [9.17, 15) is 0 Å². The van der Waals surface area contributed by atoms with E-state index in [2.05, 4.69) is 19.2 Å². The normalized spacial score (nSPS) is 10.2. The average molecular weight is 175 g/mol. The molecule has 0 unspecified atom stereocenters. The number of hydrogen-bond acceptors (Lipinski definition) is 2. The highest BCUT2D eigenvalue weighted by molar-refractivity contribution is 6.34. The van der Waals surface area contributed by atoms with Gasteiger partial charge in [-0.3, -0.25) is 0 Å². The van der Waals surface area contributed by atoms with E-state index in [4.69, 9.17) is 12.6 Å². The van der Waals surface area contributed by atoms with Crippen LogP contribution in [-0.4, -0.2) is 21.0 Å². The Bertz CT molecular complexity index is 286. The summed E-state index contributed by atoms with van der Waals surface area (Å²) >= 11 is 0. The summed E-state index contributed by atoms with van der Waals surface area (Å²) in [6.45, 7) is 4.17. The molecule has 1 aromatic carbocycles. The number of benzene rings is 1. The lowest BCUT2D eigenvalue weighted by Crippen LogP contribution is -2.13. The lowest BCUT2D eigenvalue weighted by Gasteiger charge is -2.12. The van der Waals surface area contributed by atoms with E-state index in [0.717, 1.165) is 5.69 Å². The molecule has 0 saturated heterocycles. The molecule has 0 amide bonds. The van der Waals surface area contributed by atoms with Gasteiger partial charge in [-0.2, -0.15) is 0 Å². The summed E-state index contributed by atoms with van der Waals surface area (Å²) in [5.74, 6) is 0.717. The SMILES string of the molecule is [B]c1cc(NC(C)C)ccc1OC. The fourth-order valence-electron chi connectivity index (χ4n) is 1.16. The summed E-state index contributed by atoms with van der Waals surface area (Å²) in [7, 11) is 7.35. The summed E-state index contributed by atoms with van der Waals surface area (Å²) in [5, 5.41) is 3.26. The van der Waals surface area contributed by atoms with Crippen LogP contribution >= 0.6 is 0 Å². The highest BCUT2D eigenvalue weighted by atomic mass is 16.5. The molecule has 3 heteroatoms. The van der Waals surface area contributed by atoms with Gasteiger partial charge in [0, 0.05) is 11.7 Å². The maximum Gasteiger partial charge on any atom is 0.119 e. The third-order valence-corrected chi connectivity index (χ3v) is 1.69. The number of methoxy groups -OCH3 is 1. The standard InChI is InChI=1S/C10H14BNO/c1-7(2)12-8-4-5-10(13-3)9(11)6-8/h4-7,12H,1-3H3. The predicted molar refractivity (Wildman–Crippen MR) is 57.1 cm³/mol. The minimum atomic E-state index is 0.410. The van der Waals surface area contributed by atoms with Crippen LogP contribution in [0.25, 0.3) is 0 Å². The molecule has 1 aromatic rings. The van der Waals surface area contributed by atoms with Gasteiger partial charge in [0.2, 0.25) is 0 Å². The molecule has 13 heavy (non-hydrogen) atoms. The molecule has 0 fully saturated rings. The Balaban J connectivity index is 2.83. The van der Waals surface area contributed by atoms with Gasteiger partial charge < -0.3 is 10.1 Å². The second kappa shape index (κ2) is 4.22. The molecule has 68 valence electrons. The monoisotopic (exact) mass is 175 g/mol. The zero-order valence-electron chi connectivity index (χ0n) is 8.29. The lowest BCUT2D eigenvalue weighted by atomic mass is 9.94. The Morgan fingerprint density at radius 3 is 2.54 bits per heavy atom. The third kappa shape index (κ3) is 2.69. The van der Waals surface area contributed by atoms with Crippen molar-refractivity contribution in [3.05, 3.63) is 18.2 Å². The molecule has 0 aliphatic rings. The van der Waals surface area contributed by atoms with Gasteiger partial charge in [-0.05, 0) is 32.0 Å². The predicted octanol–water partition coefficient (Wildman–Crippen LogP) is 1.31. The molecule has 2 nitrogen and oxygen atoms in total. The van der Waals surface area contributed by atoms with E-state index < -0.39 is 0 Å². The quantitative estimate of drug-likeness (QED) is 0.699. The molecular weight excluding hydrogens is 161 g/mol. The van der Waals surface area contributed by atoms with Crippen LogP contribution in [0.4, 0.5) is 5.69 Å². The van der Waals surface area contributed by atoms with Crippen molar-refractivity contribution in [3.8, 4) is 5.75 Å². The van der Waals surface area contributed by atoms with Crippen LogP contribution in [0.5, 0.6) is 5.75 Å². The van der Waals surface area contributed by atoms with E-state index in [1.807, 2.05) is 18.2 Å². The number of rotatable bonds is 3. The summed E-state index contributed by atoms with van der Waals surface area (Å²) in [6, 6.07) is 6.10. The third-order valence-electron chi connectivity index (χ3n) is 1.69. The number of anilines is 1. The minimum Gasteiger partial charge on any atom is -0.497 e. The Labute approximate surface area is 80.7 Å². The summed E-state index contributed by atoms with van der Waals surface area (Å²) < 4.78 is 5.05. The summed E-state index contributed by atoms with van der Waals surface area (Å²) in [4.78, 5) is 0. The van der Waals surface area contributed by atoms with Gasteiger partial charge in [-0.1, -0.05) is 5.46 Å². The van der Waals surface area contributed by atoms with Gasteiger partial charge in [0.15, 0.2) is 0 Å². The minimum absolute atomic E-state index is 0.410. The zero-order valence-corrected chi connectivity index (χ0v) is 8.29. The van der Waals surface area contributed by atoms with Gasteiger partial charge in [0.1, 0.15) is 13.6 Å². The molecule has 1 N–H and O–H groups in total. The van der Waals surface area contributed by atoms with Crippen molar-refractivity contribution in [3.63, 3.8) is 0 Å². The number of nitrogens with one attached hydrogen (secondary N) is 1. The van der Waals surface area contributed by atoms with Crippen LogP contribution in [0, 0.1) is 0 Å². The van der Waals surface area contributed by atoms with Gasteiger partial charge in [-0.15, -0.1) is 0 Å². The van der Waals surface area contributed by atoms with Crippen LogP contribution in [0.1, 0.15) is 13.8 Å². The van der Waals surface area contributed by atoms with Gasteiger partial charge in [-0.25, -0.2) is 0 Å². The molecule has 0 aromatic heterocycles. The molecule has 0 heterocycles. The van der Waals surface area contributed by atoms with E-state index in [1.54, 1.807) is 7.11 Å². The average Bonchev–Trinajstić information content (AvgIpc) is 2.03. The smallest absolute Gasteiger partial charge is 0.119 e. The maximum atomic E-state index is 5.74. The first-order valence-electron chi connectivity index (χ1n) is 4.33. The Kier molecular flexibility index (Phi) is 3.23. The highest BCUT2D eigenvalue weighted by Gasteiger charge is 1.99. The molecule has 0 spiro atoms. The van der Waals surface area contributed by atoms with Crippen molar-refractivity contribution >= 4 is 19.0 Å². The molecule has 1 rings (SSSR count). The largest absolute Gasteiger partial charge is 0.497 e. The first-order chi connectivity index (χ1) is 6.13. The highest BCUT2D eigenvalue weighted by Crippen LogP contribution is 2.12. The van der Waals surface area contributed by atoms with Crippen molar-refractivity contribution < 1.29 is 4.74 Å². The summed E-state index contributed by atoms with van der Waals surface area (Å²) in [6.07, 6.45) is 0. The van der Waals surface area contributed by atoms with Crippen LogP contribution in [0.3, 0.4) is 0 Å². The first-order valence-corrected chi connectivity index (χ1v) is 4.33. The Hall–Kier alpha value is -1.12. The van der Waals surface area contributed by atoms with E-state index in [1.165, 1.54) is 0 Å². The van der Waals surface area contributed by atoms with Crippen molar-refractivity contribution in [2.45, 2.75) is 19.9 Å². The van der Waals surface area contributed by atoms with Gasteiger partial charge >= 0.3 is 0 Å². The molecular formula is C10H14BNO. The van der Waals surface area contributed by atoms with Crippen molar-refractivity contribution in [1.82, 2.24) is 0 Å². The molecule has 0 saturated carbocycles. The van der Waals surface area contributed by atoms with Crippen LogP contribution in [-0.2, 0) is 0 Å². The number of ether oxygens (including phenoxy) is 1. The molecule has 0 bridgehead atoms. The van der Waals surface area contributed by atoms with Crippen LogP contribution in [0.15, 0.2) is 18.2 Å². The van der Waals surface area contributed by atoms with E-state index >= 15 is 0 Å². The second-order valence-electron chi connectivity index (χ2n) is 3.26. The van der Waals surface area contributed by atoms with Crippen molar-refractivity contribution in [1.29, 1.82) is 0 Å². The van der Waals surface area contributed by atoms with Crippen LogP contribution < -0.4 is 15.5 Å². The fourth-order valence-corrected chi connectivity index (χ4v) is 1.16. The second-order valence-corrected chi connectivity index (χ2v) is 3.26. The topological polar surface area (TPSA) is 21.3 Å².